The maximum absolute atomic E-state index is 11.6. The van der Waals surface area contributed by atoms with Crippen LogP contribution in [0, 0.1) is 0 Å². The summed E-state index contributed by atoms with van der Waals surface area (Å²) in [5, 5.41) is 6.55. The first-order valence-electron chi connectivity index (χ1n) is 7.91. The summed E-state index contributed by atoms with van der Waals surface area (Å²) >= 11 is 0. The summed E-state index contributed by atoms with van der Waals surface area (Å²) in [4.78, 5) is 17.8. The van der Waals surface area contributed by atoms with Crippen molar-refractivity contribution in [2.75, 3.05) is 13.6 Å². The highest BCUT2D eigenvalue weighted by molar-refractivity contribution is 14.0. The van der Waals surface area contributed by atoms with Gasteiger partial charge in [0, 0.05) is 39.1 Å². The van der Waals surface area contributed by atoms with Crippen LogP contribution < -0.4 is 10.6 Å². The maximum atomic E-state index is 11.6. The number of aliphatic imine (C=N–C) groups is 1. The topological polar surface area (TPSA) is 56.7 Å². The van der Waals surface area contributed by atoms with Crippen molar-refractivity contribution >= 4 is 35.8 Å². The molecular weight excluding hydrogens is 403 g/mol. The minimum absolute atomic E-state index is 0. The summed E-state index contributed by atoms with van der Waals surface area (Å²) < 4.78 is 0. The fraction of sp³-hybridized carbons (Fsp3) is 0.529. The number of hydrogen-bond acceptors (Lipinski definition) is 2. The molecule has 1 aromatic carbocycles. The number of nitrogens with one attached hydrogen (secondary N) is 2. The van der Waals surface area contributed by atoms with Gasteiger partial charge in [-0.3, -0.25) is 9.79 Å². The third kappa shape index (κ3) is 6.37. The Bertz CT molecular complexity index is 528. The van der Waals surface area contributed by atoms with Crippen LogP contribution in [0.15, 0.2) is 29.3 Å². The van der Waals surface area contributed by atoms with Crippen molar-refractivity contribution in [2.24, 2.45) is 4.99 Å². The van der Waals surface area contributed by atoms with Crippen LogP contribution in [0.3, 0.4) is 0 Å². The minimum atomic E-state index is 0. The average molecular weight is 430 g/mol. The van der Waals surface area contributed by atoms with Crippen molar-refractivity contribution in [2.45, 2.75) is 45.8 Å². The van der Waals surface area contributed by atoms with E-state index in [2.05, 4.69) is 53.7 Å². The van der Waals surface area contributed by atoms with E-state index in [4.69, 9.17) is 0 Å². The molecule has 0 bridgehead atoms. The fourth-order valence-corrected chi connectivity index (χ4v) is 2.51. The summed E-state index contributed by atoms with van der Waals surface area (Å²) in [7, 11) is 1.77. The molecule has 1 fully saturated rings. The summed E-state index contributed by atoms with van der Waals surface area (Å²) in [6, 6.07) is 8.76. The van der Waals surface area contributed by atoms with E-state index >= 15 is 0 Å². The first-order chi connectivity index (χ1) is 10.6. The molecule has 5 nitrogen and oxygen atoms in total. The van der Waals surface area contributed by atoms with E-state index in [0.29, 0.717) is 12.5 Å². The highest BCUT2D eigenvalue weighted by Crippen LogP contribution is 2.14. The second kappa shape index (κ2) is 9.75. The fourth-order valence-electron chi connectivity index (χ4n) is 2.51. The van der Waals surface area contributed by atoms with Crippen LogP contribution in [-0.2, 0) is 17.9 Å². The van der Waals surface area contributed by atoms with Gasteiger partial charge < -0.3 is 15.5 Å². The molecule has 0 unspecified atom stereocenters. The second-order valence-electron chi connectivity index (χ2n) is 5.96. The standard InChI is InChI=1S/C17H26N4O.HI/c1-13(2)20-17(18-3)19-11-14-6-8-15(9-7-14)12-21-10-4-5-16(21)22;/h6-9,13H,4-5,10-12H2,1-3H3,(H2,18,19,20);1H. The van der Waals surface area contributed by atoms with E-state index < -0.39 is 0 Å². The first-order valence-corrected chi connectivity index (χ1v) is 7.91. The number of hydrogen-bond donors (Lipinski definition) is 2. The third-order valence-electron chi connectivity index (χ3n) is 3.68. The van der Waals surface area contributed by atoms with Gasteiger partial charge in [0.2, 0.25) is 5.91 Å². The predicted molar refractivity (Wildman–Crippen MR) is 105 cm³/mol. The number of benzene rings is 1. The first kappa shape index (κ1) is 19.7. The maximum Gasteiger partial charge on any atom is 0.222 e. The summed E-state index contributed by atoms with van der Waals surface area (Å²) in [5.74, 6) is 1.08. The van der Waals surface area contributed by atoms with Crippen LogP contribution in [0.5, 0.6) is 0 Å². The number of amides is 1. The van der Waals surface area contributed by atoms with Crippen molar-refractivity contribution in [1.82, 2.24) is 15.5 Å². The Morgan fingerprint density at radius 2 is 1.91 bits per heavy atom. The van der Waals surface area contributed by atoms with Crippen LogP contribution in [0.2, 0.25) is 0 Å². The summed E-state index contributed by atoms with van der Waals surface area (Å²) in [6.45, 7) is 6.51. The Morgan fingerprint density at radius 1 is 1.26 bits per heavy atom. The van der Waals surface area contributed by atoms with E-state index in [1.165, 1.54) is 11.1 Å². The van der Waals surface area contributed by atoms with E-state index in [-0.39, 0.29) is 29.9 Å². The Labute approximate surface area is 156 Å². The number of rotatable bonds is 5. The van der Waals surface area contributed by atoms with Gasteiger partial charge in [-0.2, -0.15) is 0 Å². The van der Waals surface area contributed by atoms with E-state index in [1.54, 1.807) is 7.05 Å². The zero-order valence-electron chi connectivity index (χ0n) is 14.1. The van der Waals surface area contributed by atoms with Crippen LogP contribution in [0.25, 0.3) is 0 Å². The number of guanidine groups is 1. The molecule has 128 valence electrons. The molecule has 6 heteroatoms. The van der Waals surface area contributed by atoms with E-state index in [0.717, 1.165) is 32.0 Å². The van der Waals surface area contributed by atoms with Crippen LogP contribution in [0.1, 0.15) is 37.8 Å². The highest BCUT2D eigenvalue weighted by atomic mass is 127. The van der Waals surface area contributed by atoms with Gasteiger partial charge in [-0.1, -0.05) is 24.3 Å². The van der Waals surface area contributed by atoms with Crippen LogP contribution in [-0.4, -0.2) is 36.4 Å². The van der Waals surface area contributed by atoms with Gasteiger partial charge in [0.25, 0.3) is 0 Å². The molecule has 1 aliphatic rings. The molecule has 23 heavy (non-hydrogen) atoms. The van der Waals surface area contributed by atoms with Crippen molar-refractivity contribution in [3.8, 4) is 0 Å². The number of halogens is 1. The molecule has 0 atom stereocenters. The molecule has 0 aliphatic carbocycles. The van der Waals surface area contributed by atoms with Gasteiger partial charge in [-0.05, 0) is 31.4 Å². The van der Waals surface area contributed by atoms with Gasteiger partial charge in [0.15, 0.2) is 5.96 Å². The van der Waals surface area contributed by atoms with Gasteiger partial charge in [0.05, 0.1) is 0 Å². The van der Waals surface area contributed by atoms with Gasteiger partial charge in [-0.15, -0.1) is 24.0 Å². The number of carbonyl (C=O) groups excluding carboxylic acids is 1. The zero-order chi connectivity index (χ0) is 15.9. The van der Waals surface area contributed by atoms with E-state index in [9.17, 15) is 4.79 Å². The number of carbonyl (C=O) groups is 1. The number of nitrogens with zero attached hydrogens (tertiary/aromatic N) is 2. The van der Waals surface area contributed by atoms with Crippen LogP contribution >= 0.6 is 24.0 Å². The smallest absolute Gasteiger partial charge is 0.222 e. The molecule has 0 radical (unpaired) electrons. The SMILES string of the molecule is CN=C(NCc1ccc(CN2CCCC2=O)cc1)NC(C)C.I. The van der Waals surface area contributed by atoms with Gasteiger partial charge in [0.1, 0.15) is 0 Å². The lowest BCUT2D eigenvalue weighted by Gasteiger charge is -2.16. The molecule has 1 aliphatic heterocycles. The van der Waals surface area contributed by atoms with Gasteiger partial charge >= 0.3 is 0 Å². The van der Waals surface area contributed by atoms with Crippen molar-refractivity contribution in [1.29, 1.82) is 0 Å². The third-order valence-corrected chi connectivity index (χ3v) is 3.68. The molecule has 2 N–H and O–H groups in total. The van der Waals surface area contributed by atoms with E-state index in [1.807, 2.05) is 4.90 Å². The van der Waals surface area contributed by atoms with Crippen molar-refractivity contribution in [3.05, 3.63) is 35.4 Å². The van der Waals surface area contributed by atoms with Crippen molar-refractivity contribution in [3.63, 3.8) is 0 Å². The normalized spacial score (nSPS) is 14.9. The Kier molecular flexibility index (Phi) is 8.36. The zero-order valence-corrected chi connectivity index (χ0v) is 16.5. The molecule has 2 rings (SSSR count). The summed E-state index contributed by atoms with van der Waals surface area (Å²) in [6.07, 6.45) is 1.69. The predicted octanol–water partition coefficient (Wildman–Crippen LogP) is 2.50. The largest absolute Gasteiger partial charge is 0.354 e. The average Bonchev–Trinajstić information content (AvgIpc) is 2.90. The minimum Gasteiger partial charge on any atom is -0.354 e. The van der Waals surface area contributed by atoms with Crippen LogP contribution in [0.4, 0.5) is 0 Å². The Morgan fingerprint density at radius 3 is 2.43 bits per heavy atom. The second-order valence-corrected chi connectivity index (χ2v) is 5.96. The molecule has 1 aromatic rings. The number of likely N-dealkylation sites (tertiary alicyclic amines) is 1. The lowest BCUT2D eigenvalue weighted by Crippen LogP contribution is -2.40. The highest BCUT2D eigenvalue weighted by Gasteiger charge is 2.19. The molecular formula is C17H27IN4O. The monoisotopic (exact) mass is 430 g/mol. The Balaban J connectivity index is 0.00000264. The molecule has 0 aromatic heterocycles. The lowest BCUT2D eigenvalue weighted by molar-refractivity contribution is -0.128. The van der Waals surface area contributed by atoms with Crippen molar-refractivity contribution < 1.29 is 4.79 Å². The molecule has 1 saturated heterocycles. The summed E-state index contributed by atoms with van der Waals surface area (Å²) in [5.41, 5.74) is 2.38. The molecule has 0 spiro atoms. The quantitative estimate of drug-likeness (QED) is 0.429. The molecule has 1 heterocycles. The lowest BCUT2D eigenvalue weighted by atomic mass is 10.1. The Hall–Kier alpha value is -1.31. The van der Waals surface area contributed by atoms with Gasteiger partial charge in [-0.25, -0.2) is 0 Å². The molecule has 0 saturated carbocycles. The molecule has 1 amide bonds.